The molecule has 0 bridgehead atoms. The Balaban J connectivity index is 1.32. The van der Waals surface area contributed by atoms with Crippen LogP contribution in [0.3, 0.4) is 0 Å². The SMILES string of the molecule is CC(=O)NC1C(O[C@@H]2OC(CO)[C@H](O)C(O)C2O)[C@@H](O)C(CO)O[C@H]1OC1C(O)[C@@H](O[C@H]2C(CO)O[C@@H](O[C@@H]3C(CO)O[C@@H](OC(C)(C)CC(C)(C)N)C(O)C3O)C(O)C2O)OC(CO)[C@@H]1O. The summed E-state index contributed by atoms with van der Waals surface area (Å²) in [6, 6.07) is -1.68. The standard InChI is InChI=1S/C39H70N2O26/c1-12(47)41-18-31(65-34-25(54)22(51)19(48)13(6-42)59-34)20(49)14(7-43)58-33(18)66-32-21(50)15(8-44)60-36(28(32)57)64-29-16(9-45)61-35(26(55)23(29)52)63-30-17(10-46)62-37(27(56)24(30)53)67-39(4,5)11-38(2,3)40/h13-37,42-46,48-57H,6-11,40H2,1-5H3,(H,41,47)/t13?,14?,15?,16?,17?,18?,19-,20-,21-,22?,23?,24?,25?,26?,27?,28?,29-,30+,31?,32?,33-,34-,35-,36+,37-/m0/s1. The number of rotatable bonds is 18. The van der Waals surface area contributed by atoms with Crippen molar-refractivity contribution in [1.82, 2.24) is 5.32 Å². The summed E-state index contributed by atoms with van der Waals surface area (Å²) in [5, 5.41) is 163. The molecule has 0 aromatic rings. The highest BCUT2D eigenvalue weighted by molar-refractivity contribution is 5.73. The van der Waals surface area contributed by atoms with Gasteiger partial charge in [0.2, 0.25) is 5.91 Å². The number of aliphatic hydroxyl groups is 15. The molecule has 28 nitrogen and oxygen atoms in total. The van der Waals surface area contributed by atoms with Gasteiger partial charge >= 0.3 is 0 Å². The summed E-state index contributed by atoms with van der Waals surface area (Å²) in [6.07, 6.45) is -43.5. The summed E-state index contributed by atoms with van der Waals surface area (Å²) in [4.78, 5) is 12.5. The van der Waals surface area contributed by atoms with Crippen molar-refractivity contribution in [3.63, 3.8) is 0 Å². The predicted molar refractivity (Wildman–Crippen MR) is 214 cm³/mol. The van der Waals surface area contributed by atoms with Crippen molar-refractivity contribution < 1.29 is 129 Å². The first-order valence-electron chi connectivity index (χ1n) is 21.8. The van der Waals surface area contributed by atoms with E-state index in [1.807, 2.05) is 0 Å². The zero-order chi connectivity index (χ0) is 50.0. The lowest BCUT2D eigenvalue weighted by Crippen LogP contribution is -2.70. The van der Waals surface area contributed by atoms with E-state index in [2.05, 4.69) is 5.32 Å². The molecule has 0 aromatic carbocycles. The van der Waals surface area contributed by atoms with E-state index in [9.17, 15) is 81.4 Å². The molecule has 5 rings (SSSR count). The molecule has 18 N–H and O–H groups in total. The molecule has 5 fully saturated rings. The summed E-state index contributed by atoms with van der Waals surface area (Å²) >= 11 is 0. The molecule has 15 unspecified atom stereocenters. The molecule has 0 saturated carbocycles. The van der Waals surface area contributed by atoms with Gasteiger partial charge in [0.15, 0.2) is 31.5 Å². The molecule has 0 aliphatic carbocycles. The van der Waals surface area contributed by atoms with Gasteiger partial charge < -0.3 is 135 Å². The molecule has 0 spiro atoms. The Kier molecular flexibility index (Phi) is 19.6. The van der Waals surface area contributed by atoms with E-state index in [0.717, 1.165) is 6.92 Å². The van der Waals surface area contributed by atoms with Gasteiger partial charge in [-0.2, -0.15) is 0 Å². The lowest BCUT2D eigenvalue weighted by molar-refractivity contribution is -0.390. The maximum Gasteiger partial charge on any atom is 0.217 e. The number of nitrogens with one attached hydrogen (secondary N) is 1. The van der Waals surface area contributed by atoms with Crippen molar-refractivity contribution >= 4 is 5.91 Å². The number of nitrogens with two attached hydrogens (primary N) is 1. The fraction of sp³-hybridized carbons (Fsp3) is 0.974. The third-order valence-corrected chi connectivity index (χ3v) is 12.0. The summed E-state index contributed by atoms with van der Waals surface area (Å²) in [5.74, 6) is -0.803. The molecule has 28 heteroatoms. The Morgan fingerprint density at radius 2 is 0.821 bits per heavy atom. The van der Waals surface area contributed by atoms with Crippen LogP contribution in [0.15, 0.2) is 0 Å². The van der Waals surface area contributed by atoms with E-state index < -0.39 is 204 Å². The minimum absolute atomic E-state index is 0.285. The van der Waals surface area contributed by atoms with Crippen LogP contribution in [0, 0.1) is 0 Å². The molecule has 0 aromatic heterocycles. The van der Waals surface area contributed by atoms with Crippen molar-refractivity contribution in [2.45, 2.75) is 206 Å². The van der Waals surface area contributed by atoms with Crippen molar-refractivity contribution in [3.8, 4) is 0 Å². The molecule has 5 heterocycles. The molecule has 67 heavy (non-hydrogen) atoms. The largest absolute Gasteiger partial charge is 0.394 e. The van der Waals surface area contributed by atoms with E-state index in [1.54, 1.807) is 27.7 Å². The minimum atomic E-state index is -2.15. The van der Waals surface area contributed by atoms with Crippen LogP contribution >= 0.6 is 0 Å². The second kappa shape index (κ2) is 23.3. The maximum atomic E-state index is 12.5. The fourth-order valence-electron chi connectivity index (χ4n) is 8.96. The van der Waals surface area contributed by atoms with Crippen LogP contribution in [0.2, 0.25) is 0 Å². The zero-order valence-corrected chi connectivity index (χ0v) is 37.5. The normalized spacial score (nSPS) is 46.9. The van der Waals surface area contributed by atoms with Gasteiger partial charge in [-0.1, -0.05) is 0 Å². The molecular formula is C39H70N2O26. The average Bonchev–Trinajstić information content (AvgIpc) is 3.25. The highest BCUT2D eigenvalue weighted by atomic mass is 16.8. The smallest absolute Gasteiger partial charge is 0.217 e. The monoisotopic (exact) mass is 982 g/mol. The molecule has 25 atom stereocenters. The summed E-state index contributed by atoms with van der Waals surface area (Å²) < 4.78 is 57.5. The number of hydrogen-bond acceptors (Lipinski definition) is 27. The Labute approximate surface area is 384 Å². The Morgan fingerprint density at radius 3 is 1.28 bits per heavy atom. The lowest BCUT2D eigenvalue weighted by Gasteiger charge is -2.50. The van der Waals surface area contributed by atoms with Crippen molar-refractivity contribution in [2.24, 2.45) is 5.73 Å². The first-order chi connectivity index (χ1) is 31.3. The third-order valence-electron chi connectivity index (χ3n) is 12.0. The number of ether oxygens (including phenoxy) is 10. The first-order valence-corrected chi connectivity index (χ1v) is 21.8. The molecule has 392 valence electrons. The van der Waals surface area contributed by atoms with Gasteiger partial charge in [0.25, 0.3) is 0 Å². The molecule has 5 aliphatic heterocycles. The van der Waals surface area contributed by atoms with Gasteiger partial charge in [-0.05, 0) is 34.1 Å². The molecule has 5 aliphatic rings. The number of aliphatic hydroxyl groups excluding tert-OH is 15. The Hall–Kier alpha value is -1.57. The van der Waals surface area contributed by atoms with E-state index >= 15 is 0 Å². The number of hydrogen-bond donors (Lipinski definition) is 17. The van der Waals surface area contributed by atoms with Crippen LogP contribution in [0.1, 0.15) is 41.0 Å². The van der Waals surface area contributed by atoms with Crippen LogP contribution < -0.4 is 11.1 Å². The molecule has 0 radical (unpaired) electrons. The van der Waals surface area contributed by atoms with Gasteiger partial charge in [0.1, 0.15) is 122 Å². The summed E-state index contributed by atoms with van der Waals surface area (Å²) in [5.41, 5.74) is 4.44. The highest BCUT2D eigenvalue weighted by Gasteiger charge is 2.57. The van der Waals surface area contributed by atoms with E-state index in [0.29, 0.717) is 0 Å². The summed E-state index contributed by atoms with van der Waals surface area (Å²) in [7, 11) is 0. The number of amides is 1. The Morgan fingerprint density at radius 1 is 0.463 bits per heavy atom. The minimum Gasteiger partial charge on any atom is -0.394 e. The number of carbonyl (C=O) groups is 1. The van der Waals surface area contributed by atoms with Crippen molar-refractivity contribution in [1.29, 1.82) is 0 Å². The maximum absolute atomic E-state index is 12.5. The van der Waals surface area contributed by atoms with Gasteiger partial charge in [0, 0.05) is 12.5 Å². The lowest BCUT2D eigenvalue weighted by atomic mass is 9.90. The fourth-order valence-corrected chi connectivity index (χ4v) is 8.96. The Bertz CT molecular complexity index is 1540. The van der Waals surface area contributed by atoms with Crippen LogP contribution in [-0.2, 0) is 52.2 Å². The van der Waals surface area contributed by atoms with Gasteiger partial charge in [0.05, 0.1) is 38.6 Å². The predicted octanol–water partition coefficient (Wildman–Crippen LogP) is -9.85. The van der Waals surface area contributed by atoms with Crippen LogP contribution in [0.5, 0.6) is 0 Å². The topological polar surface area (TPSA) is 451 Å². The highest BCUT2D eigenvalue weighted by Crippen LogP contribution is 2.37. The van der Waals surface area contributed by atoms with Gasteiger partial charge in [-0.15, -0.1) is 0 Å². The second-order valence-corrected chi connectivity index (χ2v) is 18.7. The number of carbonyl (C=O) groups excluding carboxylic acids is 1. The molecule has 5 saturated heterocycles. The zero-order valence-electron chi connectivity index (χ0n) is 37.5. The summed E-state index contributed by atoms with van der Waals surface area (Å²) in [6.45, 7) is 3.34. The van der Waals surface area contributed by atoms with E-state index in [4.69, 9.17) is 53.1 Å². The molecule has 1 amide bonds. The van der Waals surface area contributed by atoms with Crippen molar-refractivity contribution in [2.75, 3.05) is 33.0 Å². The molecular weight excluding hydrogens is 912 g/mol. The van der Waals surface area contributed by atoms with Crippen LogP contribution in [0.4, 0.5) is 0 Å². The van der Waals surface area contributed by atoms with E-state index in [-0.39, 0.29) is 6.42 Å². The quantitative estimate of drug-likeness (QED) is 0.0606. The van der Waals surface area contributed by atoms with E-state index in [1.165, 1.54) is 0 Å². The average molecular weight is 983 g/mol. The van der Waals surface area contributed by atoms with Gasteiger partial charge in [-0.25, -0.2) is 0 Å². The van der Waals surface area contributed by atoms with Crippen molar-refractivity contribution in [3.05, 3.63) is 0 Å². The van der Waals surface area contributed by atoms with Crippen LogP contribution in [0.25, 0.3) is 0 Å². The second-order valence-electron chi connectivity index (χ2n) is 18.7. The van der Waals surface area contributed by atoms with Crippen LogP contribution in [-0.4, -0.2) is 280 Å². The van der Waals surface area contributed by atoms with Gasteiger partial charge in [-0.3, -0.25) is 4.79 Å². The first kappa shape index (κ1) is 56.3. The third kappa shape index (κ3) is 12.9.